The Balaban J connectivity index is 1.85. The maximum atomic E-state index is 13.1. The molecular weight excluding hydrogens is 289 g/mol. The number of nitrogens with zero attached hydrogens (tertiary/aromatic N) is 3. The molecule has 1 aromatic heterocycles. The first-order valence-corrected chi connectivity index (χ1v) is 7.66. The Labute approximate surface area is 133 Å². The fourth-order valence-corrected chi connectivity index (χ4v) is 3.02. The summed E-state index contributed by atoms with van der Waals surface area (Å²) in [5, 5.41) is 5.55. The summed E-state index contributed by atoms with van der Waals surface area (Å²) in [5.74, 6) is -0.241. The van der Waals surface area contributed by atoms with Crippen LogP contribution < -0.4 is 0 Å². The van der Waals surface area contributed by atoms with Gasteiger partial charge in [-0.2, -0.15) is 5.10 Å². The van der Waals surface area contributed by atoms with Crippen molar-refractivity contribution in [2.24, 2.45) is 4.99 Å². The first kappa shape index (κ1) is 13.9. The highest BCUT2D eigenvalue weighted by Gasteiger charge is 2.12. The van der Waals surface area contributed by atoms with Crippen molar-refractivity contribution in [2.45, 2.75) is 13.3 Å². The molecule has 0 unspecified atom stereocenters. The van der Waals surface area contributed by atoms with E-state index in [-0.39, 0.29) is 5.82 Å². The van der Waals surface area contributed by atoms with Gasteiger partial charge in [-0.25, -0.2) is 9.07 Å². The summed E-state index contributed by atoms with van der Waals surface area (Å²) in [6.07, 6.45) is 6.79. The Kier molecular flexibility index (Phi) is 3.30. The number of aliphatic imine (C=N–C) groups is 1. The lowest BCUT2D eigenvalue weighted by molar-refractivity contribution is 0.627. The Morgan fingerprint density at radius 1 is 1.13 bits per heavy atom. The molecule has 0 bridgehead atoms. The minimum atomic E-state index is -0.241. The second-order valence-corrected chi connectivity index (χ2v) is 5.76. The van der Waals surface area contributed by atoms with Crippen molar-refractivity contribution < 1.29 is 4.39 Å². The molecule has 1 aliphatic rings. The van der Waals surface area contributed by atoms with Crippen LogP contribution in [0.15, 0.2) is 53.7 Å². The molecule has 0 aliphatic carbocycles. The number of benzene rings is 2. The smallest absolute Gasteiger partial charge is 0.123 e. The third-order valence-electron chi connectivity index (χ3n) is 4.22. The predicted octanol–water partition coefficient (Wildman–Crippen LogP) is 4.33. The lowest BCUT2D eigenvalue weighted by Gasteiger charge is -2.13. The van der Waals surface area contributed by atoms with Crippen LogP contribution in [-0.2, 0) is 0 Å². The summed E-state index contributed by atoms with van der Waals surface area (Å²) < 4.78 is 15.0. The van der Waals surface area contributed by atoms with Crippen LogP contribution in [0.25, 0.3) is 22.2 Å². The number of fused-ring (bicyclic) bond motifs is 1. The molecule has 23 heavy (non-hydrogen) atoms. The summed E-state index contributed by atoms with van der Waals surface area (Å²) in [5.41, 5.74) is 5.67. The molecule has 114 valence electrons. The van der Waals surface area contributed by atoms with Gasteiger partial charge in [0.1, 0.15) is 5.82 Å². The van der Waals surface area contributed by atoms with E-state index in [1.54, 1.807) is 12.1 Å². The minimum Gasteiger partial charge on any atom is -0.293 e. The van der Waals surface area contributed by atoms with Crippen LogP contribution in [0.2, 0.25) is 0 Å². The van der Waals surface area contributed by atoms with Gasteiger partial charge in [-0.15, -0.1) is 0 Å². The first-order valence-electron chi connectivity index (χ1n) is 7.66. The van der Waals surface area contributed by atoms with E-state index in [0.29, 0.717) is 0 Å². The van der Waals surface area contributed by atoms with Gasteiger partial charge < -0.3 is 0 Å². The van der Waals surface area contributed by atoms with Gasteiger partial charge in [0.05, 0.1) is 17.4 Å². The zero-order chi connectivity index (χ0) is 15.8. The maximum Gasteiger partial charge on any atom is 0.123 e. The third-order valence-corrected chi connectivity index (χ3v) is 4.22. The highest BCUT2D eigenvalue weighted by molar-refractivity contribution is 5.91. The van der Waals surface area contributed by atoms with E-state index in [4.69, 9.17) is 0 Å². The Bertz CT molecular complexity index is 933. The maximum absolute atomic E-state index is 13.1. The molecule has 2 aromatic carbocycles. The standard InChI is InChI=1S/C19H16FN3/c1-13-10-19-15(11-18(13)14-6-8-21-9-7-14)12-22-23(19)17-4-2-16(20)3-5-17/h2-6,8,10-12H,7,9H2,1H3. The number of aryl methyl sites for hydroxylation is 1. The van der Waals surface area contributed by atoms with Gasteiger partial charge in [0, 0.05) is 18.1 Å². The zero-order valence-corrected chi connectivity index (χ0v) is 12.8. The van der Waals surface area contributed by atoms with Crippen molar-refractivity contribution in [1.82, 2.24) is 9.78 Å². The third kappa shape index (κ3) is 2.46. The quantitative estimate of drug-likeness (QED) is 0.693. The van der Waals surface area contributed by atoms with Gasteiger partial charge in [0.2, 0.25) is 0 Å². The topological polar surface area (TPSA) is 30.2 Å². The van der Waals surface area contributed by atoms with Gasteiger partial charge in [-0.05, 0) is 72.5 Å². The second kappa shape index (κ2) is 5.47. The van der Waals surface area contributed by atoms with E-state index in [9.17, 15) is 4.39 Å². The summed E-state index contributed by atoms with van der Waals surface area (Å²) in [4.78, 5) is 4.25. The lowest BCUT2D eigenvalue weighted by Crippen LogP contribution is -1.99. The van der Waals surface area contributed by atoms with E-state index in [2.05, 4.69) is 35.2 Å². The van der Waals surface area contributed by atoms with Crippen LogP contribution in [0, 0.1) is 12.7 Å². The molecule has 4 rings (SSSR count). The average Bonchev–Trinajstić information content (AvgIpc) is 2.98. The molecule has 4 heteroatoms. The van der Waals surface area contributed by atoms with Gasteiger partial charge in [0.15, 0.2) is 0 Å². The monoisotopic (exact) mass is 305 g/mol. The van der Waals surface area contributed by atoms with Gasteiger partial charge >= 0.3 is 0 Å². The largest absolute Gasteiger partial charge is 0.293 e. The van der Waals surface area contributed by atoms with Crippen LogP contribution in [-0.4, -0.2) is 22.5 Å². The van der Waals surface area contributed by atoms with E-state index >= 15 is 0 Å². The number of dihydropyridines is 1. The molecular formula is C19H16FN3. The number of allylic oxidation sites excluding steroid dienone is 1. The summed E-state index contributed by atoms with van der Waals surface area (Å²) in [6.45, 7) is 2.96. The van der Waals surface area contributed by atoms with Crippen LogP contribution in [0.4, 0.5) is 4.39 Å². The number of hydrogen-bond donors (Lipinski definition) is 0. The summed E-state index contributed by atoms with van der Waals surface area (Å²) >= 11 is 0. The molecule has 3 nitrogen and oxygen atoms in total. The van der Waals surface area contributed by atoms with Crippen LogP contribution in [0.3, 0.4) is 0 Å². The lowest BCUT2D eigenvalue weighted by atomic mass is 9.95. The summed E-state index contributed by atoms with van der Waals surface area (Å²) in [7, 11) is 0. The SMILES string of the molecule is Cc1cc2c(cnn2-c2ccc(F)cc2)cc1C1=CC=NCC1. The molecule has 2 heterocycles. The van der Waals surface area contributed by atoms with Gasteiger partial charge in [-0.1, -0.05) is 0 Å². The van der Waals surface area contributed by atoms with Crippen molar-refractivity contribution >= 4 is 22.7 Å². The Morgan fingerprint density at radius 2 is 1.96 bits per heavy atom. The Hall–Kier alpha value is -2.75. The number of hydrogen-bond acceptors (Lipinski definition) is 2. The van der Waals surface area contributed by atoms with E-state index in [1.807, 2.05) is 17.1 Å². The predicted molar refractivity (Wildman–Crippen MR) is 91.7 cm³/mol. The highest BCUT2D eigenvalue weighted by atomic mass is 19.1. The van der Waals surface area contributed by atoms with Crippen molar-refractivity contribution in [2.75, 3.05) is 6.54 Å². The van der Waals surface area contributed by atoms with Gasteiger partial charge in [0.25, 0.3) is 0 Å². The van der Waals surface area contributed by atoms with Crippen molar-refractivity contribution in [3.8, 4) is 5.69 Å². The van der Waals surface area contributed by atoms with Crippen LogP contribution >= 0.6 is 0 Å². The molecule has 1 aliphatic heterocycles. The number of halogens is 1. The van der Waals surface area contributed by atoms with Crippen molar-refractivity contribution in [1.29, 1.82) is 0 Å². The second-order valence-electron chi connectivity index (χ2n) is 5.76. The average molecular weight is 305 g/mol. The molecule has 0 saturated carbocycles. The fraction of sp³-hybridized carbons (Fsp3) is 0.158. The Morgan fingerprint density at radius 3 is 2.70 bits per heavy atom. The summed E-state index contributed by atoms with van der Waals surface area (Å²) in [6, 6.07) is 10.7. The van der Waals surface area contributed by atoms with E-state index in [0.717, 1.165) is 29.6 Å². The van der Waals surface area contributed by atoms with Gasteiger partial charge in [-0.3, -0.25) is 4.99 Å². The van der Waals surface area contributed by atoms with E-state index < -0.39 is 0 Å². The van der Waals surface area contributed by atoms with Crippen LogP contribution in [0.5, 0.6) is 0 Å². The fourth-order valence-electron chi connectivity index (χ4n) is 3.02. The molecule has 0 fully saturated rings. The molecule has 0 amide bonds. The molecule has 0 N–H and O–H groups in total. The van der Waals surface area contributed by atoms with Crippen molar-refractivity contribution in [3.05, 3.63) is 65.6 Å². The van der Waals surface area contributed by atoms with Crippen LogP contribution in [0.1, 0.15) is 17.5 Å². The highest BCUT2D eigenvalue weighted by Crippen LogP contribution is 2.29. The minimum absolute atomic E-state index is 0.241. The molecule has 0 spiro atoms. The zero-order valence-electron chi connectivity index (χ0n) is 12.8. The van der Waals surface area contributed by atoms with E-state index in [1.165, 1.54) is 28.8 Å². The number of aromatic nitrogens is 2. The normalized spacial score (nSPS) is 14.3. The molecule has 0 atom stereocenters. The van der Waals surface area contributed by atoms with Crippen molar-refractivity contribution in [3.63, 3.8) is 0 Å². The molecule has 0 radical (unpaired) electrons. The first-order chi connectivity index (χ1) is 11.2. The molecule has 0 saturated heterocycles. The number of rotatable bonds is 2. The molecule has 3 aromatic rings.